The van der Waals surface area contributed by atoms with Gasteiger partial charge in [-0.2, -0.15) is 0 Å². The van der Waals surface area contributed by atoms with Crippen LogP contribution in [-0.4, -0.2) is 18.4 Å². The molecule has 8 heteroatoms. The number of sulfonamides is 1. The molecule has 0 atom stereocenters. The van der Waals surface area contributed by atoms with Gasteiger partial charge in [0.2, 0.25) is 10.0 Å². The standard InChI is InChI=1S/C9H10N4O2S2/c10-7-1-2-11-5-8(7)17(14,15)13-6-9-12-3-4-16-9/h1-5,13H,6H2,(H2,10,11). The lowest BCUT2D eigenvalue weighted by molar-refractivity contribution is 0.581. The number of nitrogen functional groups attached to an aromatic ring is 1. The van der Waals surface area contributed by atoms with Crippen molar-refractivity contribution in [2.75, 3.05) is 5.73 Å². The molecule has 0 spiro atoms. The molecule has 0 unspecified atom stereocenters. The van der Waals surface area contributed by atoms with Gasteiger partial charge < -0.3 is 5.73 Å². The number of nitrogens with zero attached hydrogens (tertiary/aromatic N) is 2. The highest BCUT2D eigenvalue weighted by Crippen LogP contribution is 2.16. The van der Waals surface area contributed by atoms with Crippen LogP contribution in [0.4, 0.5) is 5.69 Å². The van der Waals surface area contributed by atoms with Crippen LogP contribution in [0.5, 0.6) is 0 Å². The predicted octanol–water partition coefficient (Wildman–Crippen LogP) is 0.599. The van der Waals surface area contributed by atoms with Crippen LogP contribution in [-0.2, 0) is 16.6 Å². The third kappa shape index (κ3) is 2.78. The van der Waals surface area contributed by atoms with Crippen molar-refractivity contribution in [2.45, 2.75) is 11.4 Å². The molecule has 2 rings (SSSR count). The molecule has 3 N–H and O–H groups in total. The maximum atomic E-state index is 11.9. The van der Waals surface area contributed by atoms with Crippen molar-refractivity contribution in [1.29, 1.82) is 0 Å². The van der Waals surface area contributed by atoms with E-state index in [0.717, 1.165) is 0 Å². The summed E-state index contributed by atoms with van der Waals surface area (Å²) >= 11 is 1.38. The van der Waals surface area contributed by atoms with Gasteiger partial charge in [-0.1, -0.05) is 0 Å². The molecule has 2 aromatic heterocycles. The van der Waals surface area contributed by atoms with Gasteiger partial charge in [-0.15, -0.1) is 11.3 Å². The summed E-state index contributed by atoms with van der Waals surface area (Å²) in [6, 6.07) is 1.44. The number of rotatable bonds is 4. The molecular formula is C9H10N4O2S2. The SMILES string of the molecule is Nc1ccncc1S(=O)(=O)NCc1nccs1. The Bertz CT molecular complexity index is 595. The van der Waals surface area contributed by atoms with E-state index < -0.39 is 10.0 Å². The average molecular weight is 270 g/mol. The summed E-state index contributed by atoms with van der Waals surface area (Å²) in [7, 11) is -3.64. The molecule has 0 fully saturated rings. The summed E-state index contributed by atoms with van der Waals surface area (Å²) in [5, 5.41) is 2.47. The van der Waals surface area contributed by atoms with Crippen LogP contribution >= 0.6 is 11.3 Å². The molecule has 6 nitrogen and oxygen atoms in total. The fraction of sp³-hybridized carbons (Fsp3) is 0.111. The fourth-order valence-electron chi connectivity index (χ4n) is 1.19. The number of nitrogens with two attached hydrogens (primary N) is 1. The van der Waals surface area contributed by atoms with Crippen LogP contribution in [0.1, 0.15) is 5.01 Å². The van der Waals surface area contributed by atoms with Crippen molar-refractivity contribution in [2.24, 2.45) is 0 Å². The van der Waals surface area contributed by atoms with Crippen molar-refractivity contribution in [3.63, 3.8) is 0 Å². The molecule has 2 heterocycles. The number of hydrogen-bond donors (Lipinski definition) is 2. The zero-order valence-electron chi connectivity index (χ0n) is 8.70. The molecular weight excluding hydrogens is 260 g/mol. The Morgan fingerprint density at radius 1 is 1.41 bits per heavy atom. The first kappa shape index (κ1) is 12.0. The summed E-state index contributed by atoms with van der Waals surface area (Å²) in [5.74, 6) is 0. The highest BCUT2D eigenvalue weighted by atomic mass is 32.2. The summed E-state index contributed by atoms with van der Waals surface area (Å²) in [5.41, 5.74) is 5.76. The van der Waals surface area contributed by atoms with E-state index in [2.05, 4.69) is 14.7 Å². The van der Waals surface area contributed by atoms with Gasteiger partial charge in [0.05, 0.1) is 12.2 Å². The van der Waals surface area contributed by atoms with Crippen molar-refractivity contribution in [3.8, 4) is 0 Å². The third-order valence-corrected chi connectivity index (χ3v) is 4.23. The average Bonchev–Trinajstić information content (AvgIpc) is 2.80. The van der Waals surface area contributed by atoms with Crippen LogP contribution in [0.15, 0.2) is 34.9 Å². The molecule has 0 aliphatic heterocycles. The molecule has 0 saturated carbocycles. The molecule has 17 heavy (non-hydrogen) atoms. The van der Waals surface area contributed by atoms with Crippen molar-refractivity contribution < 1.29 is 8.42 Å². The van der Waals surface area contributed by atoms with Crippen LogP contribution < -0.4 is 10.5 Å². The first-order valence-electron chi connectivity index (χ1n) is 4.67. The Kier molecular flexibility index (Phi) is 3.36. The van der Waals surface area contributed by atoms with Crippen molar-refractivity contribution >= 4 is 27.0 Å². The minimum Gasteiger partial charge on any atom is -0.398 e. The van der Waals surface area contributed by atoms with E-state index in [-0.39, 0.29) is 17.1 Å². The molecule has 0 aliphatic carbocycles. The van der Waals surface area contributed by atoms with E-state index in [4.69, 9.17) is 5.73 Å². The Balaban J connectivity index is 2.17. The van der Waals surface area contributed by atoms with E-state index in [0.29, 0.717) is 5.01 Å². The highest BCUT2D eigenvalue weighted by molar-refractivity contribution is 7.89. The van der Waals surface area contributed by atoms with Gasteiger partial charge in [0, 0.05) is 24.0 Å². The lowest BCUT2D eigenvalue weighted by Gasteiger charge is -2.06. The summed E-state index contributed by atoms with van der Waals surface area (Å²) in [6.45, 7) is 0.147. The molecule has 2 aromatic rings. The van der Waals surface area contributed by atoms with Gasteiger partial charge in [-0.05, 0) is 6.07 Å². The van der Waals surface area contributed by atoms with Crippen molar-refractivity contribution in [3.05, 3.63) is 35.0 Å². The first-order valence-corrected chi connectivity index (χ1v) is 7.03. The summed E-state index contributed by atoms with van der Waals surface area (Å²) in [6.07, 6.45) is 4.28. The predicted molar refractivity (Wildman–Crippen MR) is 64.8 cm³/mol. The van der Waals surface area contributed by atoms with Crippen LogP contribution in [0.3, 0.4) is 0 Å². The van der Waals surface area contributed by atoms with Gasteiger partial charge in [-0.3, -0.25) is 4.98 Å². The fourth-order valence-corrected chi connectivity index (χ4v) is 2.90. The van der Waals surface area contributed by atoms with Crippen LogP contribution in [0, 0.1) is 0 Å². The molecule has 0 radical (unpaired) electrons. The maximum Gasteiger partial charge on any atom is 0.244 e. The zero-order chi connectivity index (χ0) is 12.3. The number of pyridine rings is 1. The number of thiazole rings is 1. The third-order valence-electron chi connectivity index (χ3n) is 2.00. The Labute approximate surface area is 103 Å². The maximum absolute atomic E-state index is 11.9. The zero-order valence-corrected chi connectivity index (χ0v) is 10.3. The van der Waals surface area contributed by atoms with E-state index in [1.807, 2.05) is 0 Å². The molecule has 0 aromatic carbocycles. The van der Waals surface area contributed by atoms with Gasteiger partial charge in [0.15, 0.2) is 0 Å². The highest BCUT2D eigenvalue weighted by Gasteiger charge is 2.17. The first-order chi connectivity index (χ1) is 8.09. The summed E-state index contributed by atoms with van der Waals surface area (Å²) in [4.78, 5) is 7.71. The lowest BCUT2D eigenvalue weighted by Crippen LogP contribution is -2.24. The number of hydrogen-bond acceptors (Lipinski definition) is 6. The molecule has 90 valence electrons. The summed E-state index contributed by atoms with van der Waals surface area (Å²) < 4.78 is 26.2. The van der Waals surface area contributed by atoms with Crippen LogP contribution in [0.2, 0.25) is 0 Å². The van der Waals surface area contributed by atoms with Crippen LogP contribution in [0.25, 0.3) is 0 Å². The number of aromatic nitrogens is 2. The normalized spacial score (nSPS) is 11.5. The largest absolute Gasteiger partial charge is 0.398 e. The Hall–Kier alpha value is -1.51. The number of anilines is 1. The number of nitrogens with one attached hydrogen (secondary N) is 1. The van der Waals surface area contributed by atoms with E-state index in [9.17, 15) is 8.42 Å². The quantitative estimate of drug-likeness (QED) is 0.847. The molecule has 0 saturated heterocycles. The molecule has 0 aliphatic rings. The second kappa shape index (κ2) is 4.78. The molecule has 0 bridgehead atoms. The minimum absolute atomic E-state index is 0.0171. The minimum atomic E-state index is -3.64. The topological polar surface area (TPSA) is 98.0 Å². The second-order valence-electron chi connectivity index (χ2n) is 3.16. The molecule has 0 amide bonds. The van der Waals surface area contributed by atoms with Gasteiger partial charge in [-0.25, -0.2) is 18.1 Å². The lowest BCUT2D eigenvalue weighted by atomic mass is 10.4. The van der Waals surface area contributed by atoms with Crippen molar-refractivity contribution in [1.82, 2.24) is 14.7 Å². The van der Waals surface area contributed by atoms with Gasteiger partial charge in [0.1, 0.15) is 9.90 Å². The Morgan fingerprint density at radius 3 is 2.88 bits per heavy atom. The monoisotopic (exact) mass is 270 g/mol. The smallest absolute Gasteiger partial charge is 0.244 e. The van der Waals surface area contributed by atoms with Gasteiger partial charge in [0.25, 0.3) is 0 Å². The van der Waals surface area contributed by atoms with E-state index in [1.54, 1.807) is 11.6 Å². The van der Waals surface area contributed by atoms with E-state index in [1.165, 1.54) is 29.8 Å². The van der Waals surface area contributed by atoms with Gasteiger partial charge >= 0.3 is 0 Å². The second-order valence-corrected chi connectivity index (χ2v) is 5.88. The van der Waals surface area contributed by atoms with E-state index >= 15 is 0 Å². The Morgan fingerprint density at radius 2 is 2.24 bits per heavy atom.